The highest BCUT2D eigenvalue weighted by Crippen LogP contribution is 2.27. The van der Waals surface area contributed by atoms with Crippen molar-refractivity contribution in [2.75, 3.05) is 5.32 Å². The number of hydrogen-bond acceptors (Lipinski definition) is 2. The summed E-state index contributed by atoms with van der Waals surface area (Å²) in [4.78, 5) is -0.101. The highest BCUT2D eigenvalue weighted by Gasteiger charge is 2.14. The van der Waals surface area contributed by atoms with Crippen LogP contribution < -0.4 is 11.1 Å². The lowest BCUT2D eigenvalue weighted by atomic mass is 10.1. The van der Waals surface area contributed by atoms with Gasteiger partial charge in [-0.05, 0) is 31.2 Å². The van der Waals surface area contributed by atoms with Crippen LogP contribution in [0.1, 0.15) is 11.1 Å². The van der Waals surface area contributed by atoms with E-state index >= 15 is 0 Å². The molecular formula is C14H11F3N2S. The first kappa shape index (κ1) is 14.3. The molecule has 2 aromatic carbocycles. The Balaban J connectivity index is 2.44. The van der Waals surface area contributed by atoms with Crippen LogP contribution in [0.15, 0.2) is 30.3 Å². The Morgan fingerprint density at radius 1 is 1.10 bits per heavy atom. The number of rotatable bonds is 3. The summed E-state index contributed by atoms with van der Waals surface area (Å²) in [7, 11) is 0. The zero-order chi connectivity index (χ0) is 14.9. The average molecular weight is 296 g/mol. The van der Waals surface area contributed by atoms with E-state index in [1.165, 1.54) is 25.1 Å². The molecule has 0 heterocycles. The molecule has 0 amide bonds. The number of benzene rings is 2. The summed E-state index contributed by atoms with van der Waals surface area (Å²) in [6.07, 6.45) is 0. The highest BCUT2D eigenvalue weighted by atomic mass is 32.1. The summed E-state index contributed by atoms with van der Waals surface area (Å²) in [5, 5.41) is 2.54. The number of anilines is 2. The number of nitrogens with one attached hydrogen (secondary N) is 1. The fourth-order valence-corrected chi connectivity index (χ4v) is 1.83. The summed E-state index contributed by atoms with van der Waals surface area (Å²) in [6, 6.07) is 6.30. The third-order valence-electron chi connectivity index (χ3n) is 2.85. The van der Waals surface area contributed by atoms with E-state index in [1.807, 2.05) is 0 Å². The molecule has 0 bridgehead atoms. The van der Waals surface area contributed by atoms with Gasteiger partial charge in [0.05, 0.1) is 0 Å². The first-order valence-corrected chi connectivity index (χ1v) is 6.12. The van der Waals surface area contributed by atoms with Crippen LogP contribution in [0.3, 0.4) is 0 Å². The molecule has 20 heavy (non-hydrogen) atoms. The van der Waals surface area contributed by atoms with Gasteiger partial charge >= 0.3 is 0 Å². The van der Waals surface area contributed by atoms with Gasteiger partial charge < -0.3 is 11.1 Å². The summed E-state index contributed by atoms with van der Waals surface area (Å²) < 4.78 is 41.1. The van der Waals surface area contributed by atoms with E-state index < -0.39 is 17.5 Å². The molecule has 6 heteroatoms. The van der Waals surface area contributed by atoms with Crippen molar-refractivity contribution in [3.8, 4) is 0 Å². The van der Waals surface area contributed by atoms with E-state index in [0.29, 0.717) is 0 Å². The maximum atomic E-state index is 13.9. The van der Waals surface area contributed by atoms with Gasteiger partial charge in [-0.2, -0.15) is 0 Å². The maximum Gasteiger partial charge on any atom is 0.150 e. The monoisotopic (exact) mass is 296 g/mol. The summed E-state index contributed by atoms with van der Waals surface area (Å²) in [6.45, 7) is 1.51. The van der Waals surface area contributed by atoms with Crippen LogP contribution in [0.2, 0.25) is 0 Å². The van der Waals surface area contributed by atoms with Gasteiger partial charge in [0.25, 0.3) is 0 Å². The van der Waals surface area contributed by atoms with Gasteiger partial charge in [0.1, 0.15) is 28.1 Å². The topological polar surface area (TPSA) is 38.0 Å². The van der Waals surface area contributed by atoms with Gasteiger partial charge in [-0.15, -0.1) is 0 Å². The summed E-state index contributed by atoms with van der Waals surface area (Å²) >= 11 is 4.67. The van der Waals surface area contributed by atoms with Crippen molar-refractivity contribution in [3.05, 3.63) is 58.9 Å². The van der Waals surface area contributed by atoms with Crippen molar-refractivity contribution in [1.82, 2.24) is 0 Å². The van der Waals surface area contributed by atoms with Crippen molar-refractivity contribution in [3.63, 3.8) is 0 Å². The van der Waals surface area contributed by atoms with Crippen molar-refractivity contribution in [2.24, 2.45) is 5.73 Å². The molecule has 0 atom stereocenters. The maximum absolute atomic E-state index is 13.9. The van der Waals surface area contributed by atoms with Crippen LogP contribution in [0, 0.1) is 24.4 Å². The standard InChI is InChI=1S/C14H11F3N2S/c1-7-9(15)3-2-4-12(7)19-13-10(16)5-8(14(18)20)6-11(13)17/h2-6,19H,1H3,(H2,18,20). The van der Waals surface area contributed by atoms with E-state index in [9.17, 15) is 13.2 Å². The van der Waals surface area contributed by atoms with Crippen LogP contribution in [0.4, 0.5) is 24.5 Å². The summed E-state index contributed by atoms with van der Waals surface area (Å²) in [5.41, 5.74) is 5.60. The zero-order valence-corrected chi connectivity index (χ0v) is 11.3. The van der Waals surface area contributed by atoms with E-state index in [2.05, 4.69) is 17.5 Å². The van der Waals surface area contributed by atoms with E-state index in [4.69, 9.17) is 5.73 Å². The Bertz CT molecular complexity index is 663. The second-order valence-corrected chi connectivity index (χ2v) is 4.66. The first-order valence-electron chi connectivity index (χ1n) is 5.71. The van der Waals surface area contributed by atoms with Gasteiger partial charge in [-0.3, -0.25) is 0 Å². The minimum absolute atomic E-state index is 0.0940. The normalized spacial score (nSPS) is 10.4. The lowest BCUT2D eigenvalue weighted by Gasteiger charge is -2.12. The smallest absolute Gasteiger partial charge is 0.150 e. The molecule has 0 aromatic heterocycles. The Labute approximate surface area is 119 Å². The third kappa shape index (κ3) is 2.75. The van der Waals surface area contributed by atoms with E-state index in [0.717, 1.165) is 12.1 Å². The number of halogens is 3. The van der Waals surface area contributed by atoms with Gasteiger partial charge in [-0.1, -0.05) is 18.3 Å². The van der Waals surface area contributed by atoms with Gasteiger partial charge in [0.2, 0.25) is 0 Å². The Kier molecular flexibility index (Phi) is 3.94. The molecule has 0 saturated heterocycles. The molecule has 0 aliphatic rings. The van der Waals surface area contributed by atoms with Crippen molar-refractivity contribution in [1.29, 1.82) is 0 Å². The van der Waals surface area contributed by atoms with Gasteiger partial charge in [-0.25, -0.2) is 13.2 Å². The number of nitrogens with two attached hydrogens (primary N) is 1. The number of hydrogen-bond donors (Lipinski definition) is 2. The fraction of sp³-hybridized carbons (Fsp3) is 0.0714. The number of thiocarbonyl (C=S) groups is 1. The lowest BCUT2D eigenvalue weighted by Crippen LogP contribution is -2.11. The molecule has 0 spiro atoms. The van der Waals surface area contributed by atoms with Crippen LogP contribution in [0.25, 0.3) is 0 Å². The zero-order valence-electron chi connectivity index (χ0n) is 10.5. The predicted octanol–water partition coefficient (Wildman–Crippen LogP) is 3.79. The molecule has 0 unspecified atom stereocenters. The predicted molar refractivity (Wildman–Crippen MR) is 76.7 cm³/mol. The lowest BCUT2D eigenvalue weighted by molar-refractivity contribution is 0.589. The molecule has 104 valence electrons. The minimum Gasteiger partial charge on any atom is -0.389 e. The Hall–Kier alpha value is -2.08. The van der Waals surface area contributed by atoms with E-state index in [-0.39, 0.29) is 27.5 Å². The second kappa shape index (κ2) is 5.50. The molecule has 0 fully saturated rings. The van der Waals surface area contributed by atoms with E-state index in [1.54, 1.807) is 0 Å². The molecule has 2 rings (SSSR count). The van der Waals surface area contributed by atoms with Crippen molar-refractivity contribution >= 4 is 28.6 Å². The quantitative estimate of drug-likeness (QED) is 0.846. The first-order chi connectivity index (χ1) is 9.40. The minimum atomic E-state index is -0.850. The van der Waals surface area contributed by atoms with Crippen LogP contribution in [0.5, 0.6) is 0 Å². The largest absolute Gasteiger partial charge is 0.389 e. The highest BCUT2D eigenvalue weighted by molar-refractivity contribution is 7.80. The summed E-state index contributed by atoms with van der Waals surface area (Å²) in [5.74, 6) is -2.16. The van der Waals surface area contributed by atoms with Crippen LogP contribution >= 0.6 is 12.2 Å². The fourth-order valence-electron chi connectivity index (χ4n) is 1.71. The van der Waals surface area contributed by atoms with Crippen LogP contribution in [-0.4, -0.2) is 4.99 Å². The molecule has 2 aromatic rings. The molecular weight excluding hydrogens is 285 g/mol. The van der Waals surface area contributed by atoms with Gasteiger partial charge in [0.15, 0.2) is 0 Å². The van der Waals surface area contributed by atoms with Crippen LogP contribution in [-0.2, 0) is 0 Å². The third-order valence-corrected chi connectivity index (χ3v) is 3.09. The molecule has 3 N–H and O–H groups in total. The second-order valence-electron chi connectivity index (χ2n) is 4.22. The SMILES string of the molecule is Cc1c(F)cccc1Nc1c(F)cc(C(N)=S)cc1F. The molecule has 2 nitrogen and oxygen atoms in total. The molecule has 0 aliphatic heterocycles. The molecule has 0 saturated carbocycles. The average Bonchev–Trinajstić information content (AvgIpc) is 2.38. The van der Waals surface area contributed by atoms with Crippen molar-refractivity contribution in [2.45, 2.75) is 6.92 Å². The molecule has 0 aliphatic carbocycles. The Morgan fingerprint density at radius 3 is 2.25 bits per heavy atom. The molecule has 0 radical (unpaired) electrons. The Morgan fingerprint density at radius 2 is 1.70 bits per heavy atom. The van der Waals surface area contributed by atoms with Gasteiger partial charge in [0, 0.05) is 16.8 Å². The van der Waals surface area contributed by atoms with Crippen molar-refractivity contribution < 1.29 is 13.2 Å².